The number of benzene rings is 1. The average Bonchev–Trinajstić information content (AvgIpc) is 2.54. The number of nitrogens with zero attached hydrogens (tertiary/aromatic N) is 2. The SMILES string of the molecule is N#Cc1ccc(NCCC(=O)NCc2ccncc2)cc1. The molecule has 1 amide bonds. The maximum Gasteiger partial charge on any atom is 0.222 e. The number of carbonyl (C=O) groups is 1. The second-order valence-corrected chi connectivity index (χ2v) is 4.50. The Kier molecular flexibility index (Phi) is 5.30. The molecule has 106 valence electrons. The lowest BCUT2D eigenvalue weighted by Crippen LogP contribution is -2.24. The van der Waals surface area contributed by atoms with E-state index in [1.807, 2.05) is 24.3 Å². The van der Waals surface area contributed by atoms with Gasteiger partial charge >= 0.3 is 0 Å². The van der Waals surface area contributed by atoms with Crippen molar-refractivity contribution < 1.29 is 4.79 Å². The Morgan fingerprint density at radius 3 is 2.52 bits per heavy atom. The van der Waals surface area contributed by atoms with E-state index in [4.69, 9.17) is 5.26 Å². The highest BCUT2D eigenvalue weighted by Gasteiger charge is 2.01. The Morgan fingerprint density at radius 2 is 1.86 bits per heavy atom. The largest absolute Gasteiger partial charge is 0.385 e. The summed E-state index contributed by atoms with van der Waals surface area (Å²) < 4.78 is 0. The number of nitrogens with one attached hydrogen (secondary N) is 2. The fourth-order valence-corrected chi connectivity index (χ4v) is 1.77. The van der Waals surface area contributed by atoms with Crippen LogP contribution >= 0.6 is 0 Å². The molecule has 0 atom stereocenters. The number of amides is 1. The summed E-state index contributed by atoms with van der Waals surface area (Å²) in [7, 11) is 0. The van der Waals surface area contributed by atoms with Gasteiger partial charge in [-0.05, 0) is 42.0 Å². The zero-order valence-electron chi connectivity index (χ0n) is 11.5. The van der Waals surface area contributed by atoms with E-state index in [2.05, 4.69) is 21.7 Å². The molecule has 2 rings (SSSR count). The van der Waals surface area contributed by atoms with Crippen molar-refractivity contribution in [1.29, 1.82) is 5.26 Å². The van der Waals surface area contributed by atoms with Gasteiger partial charge in [-0.1, -0.05) is 0 Å². The number of hydrogen-bond acceptors (Lipinski definition) is 4. The van der Waals surface area contributed by atoms with Gasteiger partial charge in [0, 0.05) is 37.6 Å². The van der Waals surface area contributed by atoms with E-state index in [0.717, 1.165) is 11.3 Å². The summed E-state index contributed by atoms with van der Waals surface area (Å²) in [6, 6.07) is 12.9. The number of aromatic nitrogens is 1. The van der Waals surface area contributed by atoms with Crippen molar-refractivity contribution >= 4 is 11.6 Å². The molecular formula is C16H16N4O. The maximum atomic E-state index is 11.7. The van der Waals surface area contributed by atoms with Gasteiger partial charge in [0.25, 0.3) is 0 Å². The molecule has 5 nitrogen and oxygen atoms in total. The molecule has 0 aliphatic carbocycles. The van der Waals surface area contributed by atoms with E-state index >= 15 is 0 Å². The number of hydrogen-bond donors (Lipinski definition) is 2. The summed E-state index contributed by atoms with van der Waals surface area (Å²) in [6.45, 7) is 1.06. The first kappa shape index (κ1) is 14.5. The Hall–Kier alpha value is -2.87. The van der Waals surface area contributed by atoms with E-state index in [1.54, 1.807) is 24.5 Å². The van der Waals surface area contributed by atoms with Gasteiger partial charge in [0.1, 0.15) is 0 Å². The van der Waals surface area contributed by atoms with Crippen molar-refractivity contribution in [3.05, 3.63) is 59.9 Å². The van der Waals surface area contributed by atoms with Gasteiger partial charge < -0.3 is 10.6 Å². The molecule has 0 aliphatic heterocycles. The van der Waals surface area contributed by atoms with Crippen molar-refractivity contribution in [2.75, 3.05) is 11.9 Å². The van der Waals surface area contributed by atoms with E-state index in [9.17, 15) is 4.79 Å². The molecule has 2 aromatic rings. The topological polar surface area (TPSA) is 77.8 Å². The molecule has 5 heteroatoms. The van der Waals surface area contributed by atoms with Crippen LogP contribution in [0.15, 0.2) is 48.8 Å². The molecule has 0 spiro atoms. The van der Waals surface area contributed by atoms with E-state index in [1.165, 1.54) is 0 Å². The lowest BCUT2D eigenvalue weighted by atomic mass is 10.2. The lowest BCUT2D eigenvalue weighted by molar-refractivity contribution is -0.121. The number of pyridine rings is 1. The summed E-state index contributed by atoms with van der Waals surface area (Å²) >= 11 is 0. The Labute approximate surface area is 123 Å². The fraction of sp³-hybridized carbons (Fsp3) is 0.188. The molecule has 0 fully saturated rings. The predicted molar refractivity (Wildman–Crippen MR) is 80.3 cm³/mol. The standard InChI is InChI=1S/C16H16N4O/c17-11-13-1-3-15(4-2-13)19-10-7-16(21)20-12-14-5-8-18-9-6-14/h1-6,8-9,19H,7,10,12H2,(H,20,21). The predicted octanol–water partition coefficient (Wildman–Crippen LogP) is 2.07. The molecule has 0 radical (unpaired) electrons. The maximum absolute atomic E-state index is 11.7. The molecule has 21 heavy (non-hydrogen) atoms. The average molecular weight is 280 g/mol. The first-order valence-electron chi connectivity index (χ1n) is 6.67. The van der Waals surface area contributed by atoms with Crippen molar-refractivity contribution in [2.45, 2.75) is 13.0 Å². The van der Waals surface area contributed by atoms with Crippen LogP contribution < -0.4 is 10.6 Å². The third-order valence-corrected chi connectivity index (χ3v) is 2.93. The zero-order valence-corrected chi connectivity index (χ0v) is 11.5. The van der Waals surface area contributed by atoms with Gasteiger partial charge in [0.05, 0.1) is 11.6 Å². The monoisotopic (exact) mass is 280 g/mol. The molecule has 0 unspecified atom stereocenters. The normalized spacial score (nSPS) is 9.67. The third-order valence-electron chi connectivity index (χ3n) is 2.93. The number of nitriles is 1. The Morgan fingerprint density at radius 1 is 1.14 bits per heavy atom. The van der Waals surface area contributed by atoms with Crippen molar-refractivity contribution in [2.24, 2.45) is 0 Å². The van der Waals surface area contributed by atoms with Gasteiger partial charge in [-0.15, -0.1) is 0 Å². The number of anilines is 1. The fourth-order valence-electron chi connectivity index (χ4n) is 1.77. The van der Waals surface area contributed by atoms with E-state index in [0.29, 0.717) is 25.1 Å². The van der Waals surface area contributed by atoms with Crippen LogP contribution in [0.3, 0.4) is 0 Å². The van der Waals surface area contributed by atoms with Crippen molar-refractivity contribution in [1.82, 2.24) is 10.3 Å². The van der Waals surface area contributed by atoms with Gasteiger partial charge in [-0.25, -0.2) is 0 Å². The summed E-state index contributed by atoms with van der Waals surface area (Å²) in [4.78, 5) is 15.6. The van der Waals surface area contributed by atoms with Crippen molar-refractivity contribution in [3.63, 3.8) is 0 Å². The van der Waals surface area contributed by atoms with Gasteiger partial charge in [-0.3, -0.25) is 9.78 Å². The molecule has 1 aromatic carbocycles. The van der Waals surface area contributed by atoms with Crippen LogP contribution in [0, 0.1) is 11.3 Å². The Bertz CT molecular complexity index is 617. The summed E-state index contributed by atoms with van der Waals surface area (Å²) in [5, 5.41) is 14.7. The van der Waals surface area contributed by atoms with Gasteiger partial charge in [0.2, 0.25) is 5.91 Å². The molecule has 0 saturated carbocycles. The van der Waals surface area contributed by atoms with Crippen LogP contribution in [-0.2, 0) is 11.3 Å². The molecule has 1 aromatic heterocycles. The molecule has 0 aliphatic rings. The highest BCUT2D eigenvalue weighted by atomic mass is 16.1. The molecular weight excluding hydrogens is 264 g/mol. The first-order valence-corrected chi connectivity index (χ1v) is 6.67. The lowest BCUT2D eigenvalue weighted by Gasteiger charge is -2.07. The molecule has 0 bridgehead atoms. The molecule has 1 heterocycles. The second-order valence-electron chi connectivity index (χ2n) is 4.50. The highest BCUT2D eigenvalue weighted by molar-refractivity contribution is 5.76. The van der Waals surface area contributed by atoms with Crippen LogP contribution in [0.5, 0.6) is 0 Å². The highest BCUT2D eigenvalue weighted by Crippen LogP contribution is 2.08. The van der Waals surface area contributed by atoms with Crippen LogP contribution in [-0.4, -0.2) is 17.4 Å². The van der Waals surface area contributed by atoms with E-state index in [-0.39, 0.29) is 5.91 Å². The Balaban J connectivity index is 1.68. The summed E-state index contributed by atoms with van der Waals surface area (Å²) in [6.07, 6.45) is 3.80. The number of rotatable bonds is 6. The van der Waals surface area contributed by atoms with Gasteiger partial charge in [-0.2, -0.15) is 5.26 Å². The summed E-state index contributed by atoms with van der Waals surface area (Å²) in [5.74, 6) is -0.00652. The first-order chi connectivity index (χ1) is 10.3. The minimum absolute atomic E-state index is 0.00652. The van der Waals surface area contributed by atoms with E-state index < -0.39 is 0 Å². The van der Waals surface area contributed by atoms with Crippen LogP contribution in [0.25, 0.3) is 0 Å². The number of carbonyl (C=O) groups excluding carboxylic acids is 1. The quantitative estimate of drug-likeness (QED) is 0.849. The van der Waals surface area contributed by atoms with Crippen LogP contribution in [0.2, 0.25) is 0 Å². The smallest absolute Gasteiger partial charge is 0.222 e. The minimum Gasteiger partial charge on any atom is -0.385 e. The van der Waals surface area contributed by atoms with Crippen molar-refractivity contribution in [3.8, 4) is 6.07 Å². The zero-order chi connectivity index (χ0) is 14.9. The van der Waals surface area contributed by atoms with Crippen LogP contribution in [0.1, 0.15) is 17.5 Å². The minimum atomic E-state index is -0.00652. The third kappa shape index (κ3) is 4.96. The summed E-state index contributed by atoms with van der Waals surface area (Å²) in [5.41, 5.74) is 2.55. The molecule has 0 saturated heterocycles. The second kappa shape index (κ2) is 7.65. The van der Waals surface area contributed by atoms with Crippen LogP contribution in [0.4, 0.5) is 5.69 Å². The van der Waals surface area contributed by atoms with Gasteiger partial charge in [0.15, 0.2) is 0 Å². The molecule has 2 N–H and O–H groups in total.